The van der Waals surface area contributed by atoms with Gasteiger partial charge in [-0.05, 0) is 17.2 Å². The molecule has 72 valence electrons. The highest BCUT2D eigenvalue weighted by Gasteiger charge is 2.00. The molecule has 0 aliphatic rings. The lowest BCUT2D eigenvalue weighted by Crippen LogP contribution is -1.89. The monoisotopic (exact) mass is 196 g/mol. The van der Waals surface area contributed by atoms with Crippen LogP contribution in [0.25, 0.3) is 16.5 Å². The number of halogens is 2. The standard InChI is InChI=1S/C8H6F2N4/c9-7-4-6(5-12-8(7)10)2-1-3-13-14-11/h1-2,4-5H,3H2. The molecule has 4 nitrogen and oxygen atoms in total. The first kappa shape index (κ1) is 10.1. The molecule has 0 spiro atoms. The molecule has 0 aliphatic heterocycles. The molecule has 0 fully saturated rings. The molecule has 0 saturated carbocycles. The van der Waals surface area contributed by atoms with Crippen molar-refractivity contribution in [2.24, 2.45) is 5.11 Å². The van der Waals surface area contributed by atoms with Crippen molar-refractivity contribution in [2.45, 2.75) is 0 Å². The van der Waals surface area contributed by atoms with Crippen molar-refractivity contribution in [1.29, 1.82) is 0 Å². The van der Waals surface area contributed by atoms with E-state index in [0.29, 0.717) is 5.56 Å². The maximum atomic E-state index is 12.6. The highest BCUT2D eigenvalue weighted by atomic mass is 19.2. The largest absolute Gasteiger partial charge is 0.248 e. The number of azide groups is 1. The van der Waals surface area contributed by atoms with Gasteiger partial charge in [-0.3, -0.25) is 0 Å². The fourth-order valence-electron chi connectivity index (χ4n) is 0.800. The normalized spacial score (nSPS) is 10.1. The zero-order chi connectivity index (χ0) is 10.4. The van der Waals surface area contributed by atoms with Gasteiger partial charge < -0.3 is 0 Å². The van der Waals surface area contributed by atoms with Crippen LogP contribution in [-0.4, -0.2) is 11.5 Å². The van der Waals surface area contributed by atoms with Gasteiger partial charge in [0, 0.05) is 17.7 Å². The SMILES string of the molecule is [N-]=[N+]=NCC=Cc1cnc(F)c(F)c1. The Morgan fingerprint density at radius 2 is 2.36 bits per heavy atom. The highest BCUT2D eigenvalue weighted by Crippen LogP contribution is 2.06. The van der Waals surface area contributed by atoms with E-state index in [2.05, 4.69) is 15.0 Å². The van der Waals surface area contributed by atoms with Gasteiger partial charge in [0.25, 0.3) is 0 Å². The summed E-state index contributed by atoms with van der Waals surface area (Å²) in [5.41, 5.74) is 8.36. The van der Waals surface area contributed by atoms with Gasteiger partial charge in [0.2, 0.25) is 5.95 Å². The van der Waals surface area contributed by atoms with Gasteiger partial charge in [-0.25, -0.2) is 9.37 Å². The summed E-state index contributed by atoms with van der Waals surface area (Å²) in [5.74, 6) is -2.13. The van der Waals surface area contributed by atoms with Gasteiger partial charge in [0.05, 0.1) is 0 Å². The lowest BCUT2D eigenvalue weighted by Gasteiger charge is -1.93. The van der Waals surface area contributed by atoms with Gasteiger partial charge >= 0.3 is 0 Å². The Hall–Kier alpha value is -1.94. The lowest BCUT2D eigenvalue weighted by molar-refractivity contribution is 0.479. The third kappa shape index (κ3) is 2.84. The van der Waals surface area contributed by atoms with E-state index in [1.807, 2.05) is 0 Å². The van der Waals surface area contributed by atoms with Crippen LogP contribution in [-0.2, 0) is 0 Å². The molecule has 0 atom stereocenters. The third-order valence-electron chi connectivity index (χ3n) is 1.38. The van der Waals surface area contributed by atoms with Gasteiger partial charge in [0.15, 0.2) is 5.82 Å². The van der Waals surface area contributed by atoms with Crippen molar-refractivity contribution < 1.29 is 8.78 Å². The van der Waals surface area contributed by atoms with Crippen LogP contribution in [0.4, 0.5) is 8.78 Å². The van der Waals surface area contributed by atoms with Crippen LogP contribution in [0.2, 0.25) is 0 Å². The number of hydrogen-bond acceptors (Lipinski definition) is 2. The van der Waals surface area contributed by atoms with E-state index in [0.717, 1.165) is 6.07 Å². The number of hydrogen-bond donors (Lipinski definition) is 0. The second-order valence-corrected chi connectivity index (χ2v) is 2.36. The molecule has 1 rings (SSSR count). The average molecular weight is 196 g/mol. The molecule has 0 radical (unpaired) electrons. The molecule has 1 aromatic rings. The molecular weight excluding hydrogens is 190 g/mol. The van der Waals surface area contributed by atoms with Crippen molar-refractivity contribution in [3.8, 4) is 0 Å². The van der Waals surface area contributed by atoms with E-state index in [4.69, 9.17) is 5.53 Å². The zero-order valence-electron chi connectivity index (χ0n) is 7.06. The Bertz CT molecular complexity index is 396. The number of aromatic nitrogens is 1. The molecule has 0 aliphatic carbocycles. The molecule has 0 amide bonds. The summed E-state index contributed by atoms with van der Waals surface area (Å²) in [7, 11) is 0. The predicted molar refractivity (Wildman–Crippen MR) is 47.2 cm³/mol. The average Bonchev–Trinajstić information content (AvgIpc) is 2.18. The van der Waals surface area contributed by atoms with Crippen LogP contribution in [0.5, 0.6) is 0 Å². The minimum atomic E-state index is -1.13. The Kier molecular flexibility index (Phi) is 3.58. The summed E-state index contributed by atoms with van der Waals surface area (Å²) in [6.45, 7) is 0.162. The Labute approximate surface area is 78.5 Å². The van der Waals surface area contributed by atoms with E-state index in [1.54, 1.807) is 0 Å². The van der Waals surface area contributed by atoms with E-state index in [-0.39, 0.29) is 6.54 Å². The summed E-state index contributed by atoms with van der Waals surface area (Å²) >= 11 is 0. The number of nitrogens with zero attached hydrogens (tertiary/aromatic N) is 4. The van der Waals surface area contributed by atoms with Crippen LogP contribution >= 0.6 is 0 Å². The van der Waals surface area contributed by atoms with Crippen LogP contribution in [0.3, 0.4) is 0 Å². The van der Waals surface area contributed by atoms with Crippen LogP contribution in [0.15, 0.2) is 23.5 Å². The van der Waals surface area contributed by atoms with Crippen LogP contribution in [0.1, 0.15) is 5.56 Å². The van der Waals surface area contributed by atoms with Gasteiger partial charge in [-0.2, -0.15) is 4.39 Å². The first-order valence-corrected chi connectivity index (χ1v) is 3.72. The number of rotatable bonds is 3. The third-order valence-corrected chi connectivity index (χ3v) is 1.38. The quantitative estimate of drug-likeness (QED) is 0.317. The summed E-state index contributed by atoms with van der Waals surface area (Å²) in [5, 5.41) is 3.23. The van der Waals surface area contributed by atoms with E-state index in [9.17, 15) is 8.78 Å². The summed E-state index contributed by atoms with van der Waals surface area (Å²) in [6, 6.07) is 1.01. The number of pyridine rings is 1. The Morgan fingerprint density at radius 3 is 3.00 bits per heavy atom. The molecule has 0 saturated heterocycles. The van der Waals surface area contributed by atoms with Gasteiger partial charge in [0.1, 0.15) is 0 Å². The molecule has 1 heterocycles. The second kappa shape index (κ2) is 4.94. The van der Waals surface area contributed by atoms with Gasteiger partial charge in [-0.15, -0.1) is 0 Å². The predicted octanol–water partition coefficient (Wildman–Crippen LogP) is 2.68. The molecule has 0 N–H and O–H groups in total. The maximum Gasteiger partial charge on any atom is 0.248 e. The van der Waals surface area contributed by atoms with Crippen molar-refractivity contribution in [1.82, 2.24) is 4.98 Å². The molecule has 6 heteroatoms. The molecular formula is C8H6F2N4. The fraction of sp³-hybridized carbons (Fsp3) is 0.125. The van der Waals surface area contributed by atoms with Crippen LogP contribution < -0.4 is 0 Å². The summed E-state index contributed by atoms with van der Waals surface area (Å²) < 4.78 is 25.0. The van der Waals surface area contributed by atoms with Crippen molar-refractivity contribution in [2.75, 3.05) is 6.54 Å². The second-order valence-electron chi connectivity index (χ2n) is 2.36. The van der Waals surface area contributed by atoms with Crippen molar-refractivity contribution in [3.05, 3.63) is 46.1 Å². The first-order valence-electron chi connectivity index (χ1n) is 3.72. The van der Waals surface area contributed by atoms with Crippen molar-refractivity contribution >= 4 is 6.08 Å². The van der Waals surface area contributed by atoms with E-state index >= 15 is 0 Å². The zero-order valence-corrected chi connectivity index (χ0v) is 7.06. The molecule has 14 heavy (non-hydrogen) atoms. The highest BCUT2D eigenvalue weighted by molar-refractivity contribution is 5.47. The minimum absolute atomic E-state index is 0.162. The first-order chi connectivity index (χ1) is 6.74. The molecule has 0 bridgehead atoms. The van der Waals surface area contributed by atoms with E-state index in [1.165, 1.54) is 18.3 Å². The smallest absolute Gasteiger partial charge is 0.225 e. The van der Waals surface area contributed by atoms with Gasteiger partial charge in [-0.1, -0.05) is 17.3 Å². The summed E-state index contributed by atoms with van der Waals surface area (Å²) in [4.78, 5) is 5.70. The topological polar surface area (TPSA) is 61.7 Å². The minimum Gasteiger partial charge on any atom is -0.225 e. The van der Waals surface area contributed by atoms with Crippen LogP contribution in [0, 0.1) is 11.8 Å². The molecule has 1 aromatic heterocycles. The Morgan fingerprint density at radius 1 is 1.57 bits per heavy atom. The lowest BCUT2D eigenvalue weighted by atomic mass is 10.2. The molecule has 0 aromatic carbocycles. The Balaban J connectivity index is 2.72. The molecule has 0 unspecified atom stereocenters. The summed E-state index contributed by atoms with van der Waals surface area (Å²) in [6.07, 6.45) is 4.20. The van der Waals surface area contributed by atoms with E-state index < -0.39 is 11.8 Å². The van der Waals surface area contributed by atoms with Crippen molar-refractivity contribution in [3.63, 3.8) is 0 Å². The fourth-order valence-corrected chi connectivity index (χ4v) is 0.800. The maximum absolute atomic E-state index is 12.6.